The molecule has 0 amide bonds. The van der Waals surface area contributed by atoms with Gasteiger partial charge in [-0.3, -0.25) is 0 Å². The summed E-state index contributed by atoms with van der Waals surface area (Å²) in [6.07, 6.45) is 0. The zero-order valence-electron chi connectivity index (χ0n) is 14.9. The van der Waals surface area contributed by atoms with Crippen molar-refractivity contribution in [1.29, 1.82) is 0 Å². The van der Waals surface area contributed by atoms with Crippen molar-refractivity contribution in [3.05, 3.63) is 48.5 Å². The number of hydrogen-bond donors (Lipinski definition) is 1. The number of thioether (sulfide) groups is 1. The number of hydrogen-bond acceptors (Lipinski definition) is 4. The molecule has 27 heavy (non-hydrogen) atoms. The Kier molecular flexibility index (Phi) is 6.73. The van der Waals surface area contributed by atoms with Crippen LogP contribution in [0.25, 0.3) is 0 Å². The minimum absolute atomic E-state index is 0.534. The Morgan fingerprint density at radius 1 is 1.07 bits per heavy atom. The molecule has 144 valence electrons. The average molecular weight is 410 g/mol. The summed E-state index contributed by atoms with van der Waals surface area (Å²) < 4.78 is 30.2. The number of nitrogens with one attached hydrogen (secondary N) is 1. The summed E-state index contributed by atoms with van der Waals surface area (Å²) >= 11 is 6.04. The van der Waals surface area contributed by atoms with Gasteiger partial charge in [-0.2, -0.15) is 8.78 Å². The van der Waals surface area contributed by atoms with E-state index < -0.39 is 5.76 Å². The summed E-state index contributed by atoms with van der Waals surface area (Å²) in [6.45, 7) is 3.27. The predicted molar refractivity (Wildman–Crippen MR) is 111 cm³/mol. The summed E-state index contributed by atoms with van der Waals surface area (Å²) in [5.41, 5.74) is 1.89. The van der Waals surface area contributed by atoms with E-state index in [1.165, 1.54) is 0 Å². The van der Waals surface area contributed by atoms with E-state index in [-0.39, 0.29) is 0 Å². The Balaban J connectivity index is 1.54. The number of ether oxygens (including phenoxy) is 1. The second kappa shape index (κ2) is 9.23. The van der Waals surface area contributed by atoms with E-state index in [1.807, 2.05) is 18.2 Å². The van der Waals surface area contributed by atoms with Crippen LogP contribution in [0.1, 0.15) is 0 Å². The van der Waals surface area contributed by atoms with Crippen LogP contribution in [0.4, 0.5) is 20.2 Å². The number of anilines is 2. The summed E-state index contributed by atoms with van der Waals surface area (Å²) in [5.74, 6) is -1.54. The molecule has 1 fully saturated rings. The highest BCUT2D eigenvalue weighted by molar-refractivity contribution is 7.99. The first-order chi connectivity index (χ1) is 13.1. The van der Waals surface area contributed by atoms with Crippen molar-refractivity contribution in [3.8, 4) is 5.75 Å². The third-order valence-electron chi connectivity index (χ3n) is 4.32. The number of nitrogens with zero attached hydrogens (tertiary/aromatic N) is 2. The van der Waals surface area contributed by atoms with Crippen molar-refractivity contribution in [2.24, 2.45) is 0 Å². The van der Waals surface area contributed by atoms with E-state index in [9.17, 15) is 8.78 Å². The molecule has 0 spiro atoms. The first-order valence-electron chi connectivity index (χ1n) is 8.55. The van der Waals surface area contributed by atoms with Crippen LogP contribution >= 0.6 is 24.0 Å². The summed E-state index contributed by atoms with van der Waals surface area (Å²) in [4.78, 5) is 4.93. The molecule has 1 saturated heterocycles. The fourth-order valence-electron chi connectivity index (χ4n) is 2.96. The highest BCUT2D eigenvalue weighted by Crippen LogP contribution is 2.29. The van der Waals surface area contributed by atoms with E-state index in [0.29, 0.717) is 21.8 Å². The highest BCUT2D eigenvalue weighted by Gasteiger charge is 2.21. The van der Waals surface area contributed by atoms with Crippen molar-refractivity contribution >= 4 is 40.5 Å². The SMILES string of the molecule is COc1ccccc1N1CCN(C(=S)Nc2ccc(SC(F)F)cc2)CC1. The van der Waals surface area contributed by atoms with Crippen molar-refractivity contribution in [2.75, 3.05) is 43.5 Å². The van der Waals surface area contributed by atoms with Gasteiger partial charge in [0.1, 0.15) is 5.75 Å². The van der Waals surface area contributed by atoms with Crippen LogP contribution in [0.3, 0.4) is 0 Å². The smallest absolute Gasteiger partial charge is 0.288 e. The first-order valence-corrected chi connectivity index (χ1v) is 9.84. The molecule has 0 aromatic heterocycles. The van der Waals surface area contributed by atoms with Crippen LogP contribution < -0.4 is 15.0 Å². The van der Waals surface area contributed by atoms with Crippen LogP contribution in [0.5, 0.6) is 5.75 Å². The molecule has 1 aliphatic rings. The van der Waals surface area contributed by atoms with Crippen LogP contribution in [-0.2, 0) is 0 Å². The molecule has 4 nitrogen and oxygen atoms in total. The van der Waals surface area contributed by atoms with E-state index in [2.05, 4.69) is 21.2 Å². The van der Waals surface area contributed by atoms with Crippen molar-refractivity contribution in [2.45, 2.75) is 10.7 Å². The zero-order chi connectivity index (χ0) is 19.2. The van der Waals surface area contributed by atoms with Gasteiger partial charge in [0.05, 0.1) is 12.8 Å². The van der Waals surface area contributed by atoms with E-state index in [1.54, 1.807) is 31.4 Å². The van der Waals surface area contributed by atoms with Crippen molar-refractivity contribution in [3.63, 3.8) is 0 Å². The van der Waals surface area contributed by atoms with E-state index >= 15 is 0 Å². The minimum Gasteiger partial charge on any atom is -0.495 e. The maximum absolute atomic E-state index is 12.4. The van der Waals surface area contributed by atoms with Gasteiger partial charge in [-0.1, -0.05) is 23.9 Å². The van der Waals surface area contributed by atoms with Crippen LogP contribution in [-0.4, -0.2) is 49.1 Å². The molecule has 2 aromatic carbocycles. The van der Waals surface area contributed by atoms with E-state index in [4.69, 9.17) is 17.0 Å². The Bertz CT molecular complexity index is 766. The second-order valence-corrected chi connectivity index (χ2v) is 7.43. The lowest BCUT2D eigenvalue weighted by Gasteiger charge is -2.37. The second-order valence-electron chi connectivity index (χ2n) is 5.98. The predicted octanol–water partition coefficient (Wildman–Crippen LogP) is 4.53. The molecule has 0 radical (unpaired) electrons. The molecule has 0 bridgehead atoms. The maximum Gasteiger partial charge on any atom is 0.288 e. The topological polar surface area (TPSA) is 27.7 Å². The maximum atomic E-state index is 12.4. The standard InChI is InChI=1S/C19H21F2N3OS2/c1-25-17-5-3-2-4-16(17)23-10-12-24(13-11-23)19(26)22-14-6-8-15(9-7-14)27-18(20)21/h2-9,18H,10-13H2,1H3,(H,22,26). The molecule has 0 aliphatic carbocycles. The van der Waals surface area contributed by atoms with Crippen LogP contribution in [0.2, 0.25) is 0 Å². The number of methoxy groups -OCH3 is 1. The number of benzene rings is 2. The Labute approximate surface area is 167 Å². The normalized spacial score (nSPS) is 14.4. The summed E-state index contributed by atoms with van der Waals surface area (Å²) in [5, 5.41) is 3.83. The Hall–Kier alpha value is -2.06. The highest BCUT2D eigenvalue weighted by atomic mass is 32.2. The van der Waals surface area contributed by atoms with Gasteiger partial charge in [0.25, 0.3) is 5.76 Å². The van der Waals surface area contributed by atoms with Gasteiger partial charge in [-0.25, -0.2) is 0 Å². The number of halogens is 2. The number of para-hydroxylation sites is 2. The average Bonchev–Trinajstić information content (AvgIpc) is 2.69. The number of rotatable bonds is 5. The summed E-state index contributed by atoms with van der Waals surface area (Å²) in [7, 11) is 1.68. The quantitative estimate of drug-likeness (QED) is 0.576. The number of alkyl halides is 2. The van der Waals surface area contributed by atoms with Gasteiger partial charge in [0, 0.05) is 36.8 Å². The number of piperazine rings is 1. The fourth-order valence-corrected chi connectivity index (χ4v) is 3.76. The molecule has 1 N–H and O–H groups in total. The Morgan fingerprint density at radius 2 is 1.74 bits per heavy atom. The van der Waals surface area contributed by atoms with Gasteiger partial charge in [0.2, 0.25) is 0 Å². The number of thiocarbonyl (C=S) groups is 1. The lowest BCUT2D eigenvalue weighted by molar-refractivity contribution is 0.252. The monoisotopic (exact) mass is 409 g/mol. The van der Waals surface area contributed by atoms with Crippen LogP contribution in [0, 0.1) is 0 Å². The molecule has 1 heterocycles. The van der Waals surface area contributed by atoms with Gasteiger partial charge in [-0.15, -0.1) is 0 Å². The van der Waals surface area contributed by atoms with E-state index in [0.717, 1.165) is 43.3 Å². The molecule has 8 heteroatoms. The third-order valence-corrected chi connectivity index (χ3v) is 5.41. The van der Waals surface area contributed by atoms with Crippen LogP contribution in [0.15, 0.2) is 53.4 Å². The van der Waals surface area contributed by atoms with Crippen molar-refractivity contribution in [1.82, 2.24) is 4.90 Å². The molecule has 0 atom stereocenters. The lowest BCUT2D eigenvalue weighted by atomic mass is 10.2. The molecule has 3 rings (SSSR count). The summed E-state index contributed by atoms with van der Waals surface area (Å²) in [6, 6.07) is 14.9. The zero-order valence-corrected chi connectivity index (χ0v) is 16.5. The van der Waals surface area contributed by atoms with Gasteiger partial charge < -0.3 is 19.9 Å². The van der Waals surface area contributed by atoms with Gasteiger partial charge in [-0.05, 0) is 48.6 Å². The molecule has 0 unspecified atom stereocenters. The van der Waals surface area contributed by atoms with Crippen molar-refractivity contribution < 1.29 is 13.5 Å². The molecule has 2 aromatic rings. The first kappa shape index (κ1) is 19.7. The lowest BCUT2D eigenvalue weighted by Crippen LogP contribution is -2.50. The van der Waals surface area contributed by atoms with Gasteiger partial charge in [0.15, 0.2) is 5.11 Å². The third kappa shape index (κ3) is 5.23. The largest absolute Gasteiger partial charge is 0.495 e. The molecular formula is C19H21F2N3OS2. The molecular weight excluding hydrogens is 388 g/mol. The minimum atomic E-state index is -2.41. The Morgan fingerprint density at radius 3 is 2.37 bits per heavy atom. The molecule has 1 aliphatic heterocycles. The fraction of sp³-hybridized carbons (Fsp3) is 0.316. The molecule has 0 saturated carbocycles. The van der Waals surface area contributed by atoms with Gasteiger partial charge >= 0.3 is 0 Å².